The molecule has 0 atom stereocenters. The molecule has 124 valence electrons. The van der Waals surface area contributed by atoms with E-state index in [1.54, 1.807) is 24.3 Å². The fourth-order valence-corrected chi connectivity index (χ4v) is 2.84. The van der Waals surface area contributed by atoms with Crippen LogP contribution in [-0.4, -0.2) is 37.0 Å². The number of hydrogen-bond acceptors (Lipinski definition) is 4. The Morgan fingerprint density at radius 2 is 1.79 bits per heavy atom. The molecule has 5 heteroatoms. The molecular formula is C19H20N2O3. The van der Waals surface area contributed by atoms with Crippen LogP contribution in [0.4, 0.5) is 5.69 Å². The van der Waals surface area contributed by atoms with E-state index in [4.69, 9.17) is 0 Å². The Balaban J connectivity index is 1.55. The van der Waals surface area contributed by atoms with Crippen molar-refractivity contribution in [2.24, 2.45) is 0 Å². The first-order chi connectivity index (χ1) is 11.7. The number of carbonyl (C=O) groups is 2. The number of methoxy groups -OCH3 is 1. The second-order valence-electron chi connectivity index (χ2n) is 5.76. The lowest BCUT2D eigenvalue weighted by Crippen LogP contribution is -2.39. The zero-order valence-electron chi connectivity index (χ0n) is 13.6. The number of carbonyl (C=O) groups excluding carboxylic acids is 2. The number of nitrogens with one attached hydrogen (secondary N) is 1. The summed E-state index contributed by atoms with van der Waals surface area (Å²) in [7, 11) is 1.35. The SMILES string of the molecule is COC(=O)c1ccc(NCC(=O)N2CCc3ccccc3C2)cc1. The van der Waals surface area contributed by atoms with E-state index >= 15 is 0 Å². The molecule has 0 radical (unpaired) electrons. The van der Waals surface area contributed by atoms with Gasteiger partial charge in [0.2, 0.25) is 5.91 Å². The highest BCUT2D eigenvalue weighted by atomic mass is 16.5. The van der Waals surface area contributed by atoms with Crippen LogP contribution in [0.15, 0.2) is 48.5 Å². The van der Waals surface area contributed by atoms with Gasteiger partial charge >= 0.3 is 5.97 Å². The van der Waals surface area contributed by atoms with Gasteiger partial charge in [-0.15, -0.1) is 0 Å². The molecule has 0 saturated carbocycles. The van der Waals surface area contributed by atoms with Gasteiger partial charge < -0.3 is 15.0 Å². The molecule has 1 aliphatic heterocycles. The number of hydrogen-bond donors (Lipinski definition) is 1. The second-order valence-corrected chi connectivity index (χ2v) is 5.76. The van der Waals surface area contributed by atoms with Crippen molar-refractivity contribution in [1.29, 1.82) is 0 Å². The highest BCUT2D eigenvalue weighted by Crippen LogP contribution is 2.18. The Kier molecular flexibility index (Phi) is 4.79. The molecule has 0 bridgehead atoms. The van der Waals surface area contributed by atoms with Crippen LogP contribution in [0.3, 0.4) is 0 Å². The van der Waals surface area contributed by atoms with E-state index in [1.165, 1.54) is 18.2 Å². The Bertz CT molecular complexity index is 741. The average molecular weight is 324 g/mol. The number of anilines is 1. The van der Waals surface area contributed by atoms with Gasteiger partial charge in [0.25, 0.3) is 0 Å². The van der Waals surface area contributed by atoms with Gasteiger partial charge in [-0.3, -0.25) is 4.79 Å². The van der Waals surface area contributed by atoms with Crippen molar-refractivity contribution >= 4 is 17.6 Å². The van der Waals surface area contributed by atoms with E-state index in [0.717, 1.165) is 18.7 Å². The fourth-order valence-electron chi connectivity index (χ4n) is 2.84. The zero-order valence-corrected chi connectivity index (χ0v) is 13.6. The van der Waals surface area contributed by atoms with Gasteiger partial charge in [0.05, 0.1) is 19.2 Å². The first-order valence-electron chi connectivity index (χ1n) is 7.94. The smallest absolute Gasteiger partial charge is 0.337 e. The quantitative estimate of drug-likeness (QED) is 0.878. The van der Waals surface area contributed by atoms with E-state index in [2.05, 4.69) is 22.2 Å². The summed E-state index contributed by atoms with van der Waals surface area (Å²) in [6, 6.07) is 15.1. The Labute approximate surface area is 141 Å². The number of rotatable bonds is 4. The van der Waals surface area contributed by atoms with Gasteiger partial charge in [-0.05, 0) is 41.8 Å². The number of esters is 1. The van der Waals surface area contributed by atoms with E-state index in [9.17, 15) is 9.59 Å². The van der Waals surface area contributed by atoms with Crippen molar-refractivity contribution < 1.29 is 14.3 Å². The molecule has 2 aromatic carbocycles. The van der Waals surface area contributed by atoms with Gasteiger partial charge in [-0.25, -0.2) is 4.79 Å². The number of benzene rings is 2. The lowest BCUT2D eigenvalue weighted by molar-refractivity contribution is -0.130. The Morgan fingerprint density at radius 3 is 2.50 bits per heavy atom. The first-order valence-corrected chi connectivity index (χ1v) is 7.94. The predicted molar refractivity (Wildman–Crippen MR) is 91.8 cm³/mol. The summed E-state index contributed by atoms with van der Waals surface area (Å²) in [6.07, 6.45) is 0.899. The minimum absolute atomic E-state index is 0.0709. The third-order valence-electron chi connectivity index (χ3n) is 4.23. The summed E-state index contributed by atoms with van der Waals surface area (Å²) in [5.41, 5.74) is 3.84. The van der Waals surface area contributed by atoms with Gasteiger partial charge in [-0.2, -0.15) is 0 Å². The van der Waals surface area contributed by atoms with Crippen LogP contribution in [0.5, 0.6) is 0 Å². The lowest BCUT2D eigenvalue weighted by atomic mass is 10.00. The Hall–Kier alpha value is -2.82. The molecule has 0 aromatic heterocycles. The third kappa shape index (κ3) is 3.56. The minimum atomic E-state index is -0.371. The lowest BCUT2D eigenvalue weighted by Gasteiger charge is -2.29. The molecule has 24 heavy (non-hydrogen) atoms. The maximum atomic E-state index is 12.4. The van der Waals surface area contributed by atoms with Crippen molar-refractivity contribution in [2.75, 3.05) is 25.5 Å². The van der Waals surface area contributed by atoms with Gasteiger partial charge in [-0.1, -0.05) is 24.3 Å². The summed E-state index contributed by atoms with van der Waals surface area (Å²) in [5, 5.41) is 3.11. The number of nitrogens with zero attached hydrogens (tertiary/aromatic N) is 1. The van der Waals surface area contributed by atoms with Crippen LogP contribution in [0.1, 0.15) is 21.5 Å². The maximum absolute atomic E-state index is 12.4. The maximum Gasteiger partial charge on any atom is 0.337 e. The normalized spacial score (nSPS) is 13.1. The highest BCUT2D eigenvalue weighted by molar-refractivity contribution is 5.89. The van der Waals surface area contributed by atoms with Crippen LogP contribution in [-0.2, 0) is 22.5 Å². The molecule has 0 aliphatic carbocycles. The van der Waals surface area contributed by atoms with E-state index < -0.39 is 0 Å². The van der Waals surface area contributed by atoms with Crippen molar-refractivity contribution in [3.63, 3.8) is 0 Å². The molecule has 5 nitrogen and oxygen atoms in total. The van der Waals surface area contributed by atoms with Crippen molar-refractivity contribution in [3.05, 3.63) is 65.2 Å². The third-order valence-corrected chi connectivity index (χ3v) is 4.23. The number of amides is 1. The fraction of sp³-hybridized carbons (Fsp3) is 0.263. The summed E-state index contributed by atoms with van der Waals surface area (Å²) >= 11 is 0. The second kappa shape index (κ2) is 7.17. The summed E-state index contributed by atoms with van der Waals surface area (Å²) in [4.78, 5) is 25.7. The topological polar surface area (TPSA) is 58.6 Å². The summed E-state index contributed by atoms with van der Waals surface area (Å²) in [6.45, 7) is 1.65. The van der Waals surface area contributed by atoms with Gasteiger partial charge in [0, 0.05) is 18.8 Å². The molecule has 0 fully saturated rings. The van der Waals surface area contributed by atoms with Crippen molar-refractivity contribution in [3.8, 4) is 0 Å². The molecule has 3 rings (SSSR count). The van der Waals surface area contributed by atoms with Crippen LogP contribution in [0.25, 0.3) is 0 Å². The van der Waals surface area contributed by atoms with E-state index in [0.29, 0.717) is 12.1 Å². The summed E-state index contributed by atoms with van der Waals surface area (Å²) < 4.78 is 4.66. The molecule has 0 unspecified atom stereocenters. The number of fused-ring (bicyclic) bond motifs is 1. The summed E-state index contributed by atoms with van der Waals surface area (Å²) in [5.74, 6) is -0.300. The van der Waals surface area contributed by atoms with Crippen LogP contribution in [0, 0.1) is 0 Å². The largest absolute Gasteiger partial charge is 0.465 e. The molecule has 1 heterocycles. The van der Waals surface area contributed by atoms with Crippen LogP contribution in [0.2, 0.25) is 0 Å². The molecule has 2 aromatic rings. The van der Waals surface area contributed by atoms with Gasteiger partial charge in [0.1, 0.15) is 0 Å². The van der Waals surface area contributed by atoms with Crippen molar-refractivity contribution in [1.82, 2.24) is 4.90 Å². The molecule has 1 aliphatic rings. The number of ether oxygens (including phenoxy) is 1. The van der Waals surface area contributed by atoms with Crippen LogP contribution >= 0.6 is 0 Å². The monoisotopic (exact) mass is 324 g/mol. The zero-order chi connectivity index (χ0) is 16.9. The molecule has 1 N–H and O–H groups in total. The standard InChI is InChI=1S/C19H20N2O3/c1-24-19(23)15-6-8-17(9-7-15)20-12-18(22)21-11-10-14-4-2-3-5-16(14)13-21/h2-9,20H,10-13H2,1H3. The average Bonchev–Trinajstić information content (AvgIpc) is 2.65. The van der Waals surface area contributed by atoms with E-state index in [-0.39, 0.29) is 18.4 Å². The predicted octanol–water partition coefficient (Wildman–Crippen LogP) is 2.47. The molecular weight excluding hydrogens is 304 g/mol. The molecule has 1 amide bonds. The highest BCUT2D eigenvalue weighted by Gasteiger charge is 2.19. The minimum Gasteiger partial charge on any atom is -0.465 e. The Morgan fingerprint density at radius 1 is 1.08 bits per heavy atom. The van der Waals surface area contributed by atoms with E-state index in [1.807, 2.05) is 17.0 Å². The first kappa shape index (κ1) is 16.1. The van der Waals surface area contributed by atoms with Crippen molar-refractivity contribution in [2.45, 2.75) is 13.0 Å². The molecule has 0 saturated heterocycles. The molecule has 0 spiro atoms. The van der Waals surface area contributed by atoms with Gasteiger partial charge in [0.15, 0.2) is 0 Å². The van der Waals surface area contributed by atoms with Crippen LogP contribution < -0.4 is 5.32 Å².